The first kappa shape index (κ1) is 19.2. The van der Waals surface area contributed by atoms with Crippen molar-refractivity contribution < 1.29 is 19.1 Å². The number of rotatable bonds is 5. The van der Waals surface area contributed by atoms with Crippen molar-refractivity contribution in [2.45, 2.75) is 25.3 Å². The van der Waals surface area contributed by atoms with Gasteiger partial charge < -0.3 is 20.3 Å². The number of carbonyl (C=O) groups is 3. The van der Waals surface area contributed by atoms with E-state index in [0.717, 1.165) is 29.2 Å². The highest BCUT2D eigenvalue weighted by Gasteiger charge is 2.33. The van der Waals surface area contributed by atoms with Crippen LogP contribution >= 0.6 is 0 Å². The van der Waals surface area contributed by atoms with Crippen LogP contribution in [0.2, 0.25) is 0 Å². The first-order valence-corrected chi connectivity index (χ1v) is 10.0. The fourth-order valence-corrected chi connectivity index (χ4v) is 4.17. The highest BCUT2D eigenvalue weighted by atomic mass is 16.6. The number of alkyl carbamates (subject to hydrolysis) is 1. The first-order chi connectivity index (χ1) is 14.1. The Morgan fingerprint density at radius 3 is 2.62 bits per heavy atom. The highest BCUT2D eigenvalue weighted by molar-refractivity contribution is 5.91. The maximum absolute atomic E-state index is 12.5. The number of ether oxygens (including phenoxy) is 1. The molecule has 2 aliphatic heterocycles. The Hall–Kier alpha value is -3.09. The summed E-state index contributed by atoms with van der Waals surface area (Å²) >= 11 is 0. The van der Waals surface area contributed by atoms with Crippen molar-refractivity contribution in [3.8, 4) is 0 Å². The number of carbonyl (C=O) groups excluding carboxylic acids is 3. The van der Waals surface area contributed by atoms with E-state index in [-0.39, 0.29) is 36.9 Å². The van der Waals surface area contributed by atoms with Crippen LogP contribution in [0.1, 0.15) is 18.4 Å². The fourth-order valence-electron chi connectivity index (χ4n) is 4.17. The van der Waals surface area contributed by atoms with E-state index < -0.39 is 0 Å². The Morgan fingerprint density at radius 2 is 1.86 bits per heavy atom. The van der Waals surface area contributed by atoms with Crippen LogP contribution in [0.4, 0.5) is 4.79 Å². The summed E-state index contributed by atoms with van der Waals surface area (Å²) in [7, 11) is 0. The number of fused-ring (bicyclic) bond motifs is 1. The Balaban J connectivity index is 1.24. The molecule has 152 valence electrons. The summed E-state index contributed by atoms with van der Waals surface area (Å²) < 4.78 is 4.96. The summed E-state index contributed by atoms with van der Waals surface area (Å²) in [6.07, 6.45) is 1.54. The summed E-state index contributed by atoms with van der Waals surface area (Å²) in [4.78, 5) is 37.8. The summed E-state index contributed by atoms with van der Waals surface area (Å²) in [6, 6.07) is 13.9. The maximum atomic E-state index is 12.5. The van der Waals surface area contributed by atoms with E-state index in [1.165, 1.54) is 0 Å². The van der Waals surface area contributed by atoms with E-state index in [4.69, 9.17) is 4.74 Å². The molecule has 1 atom stereocenters. The molecule has 7 heteroatoms. The van der Waals surface area contributed by atoms with Crippen LogP contribution in [0, 0.1) is 5.92 Å². The SMILES string of the molecule is O=C(Cc1cccc2ccccc12)NCC(=O)N1CCC(C2COC(=O)N2)CC1. The van der Waals surface area contributed by atoms with E-state index in [0.29, 0.717) is 25.6 Å². The Morgan fingerprint density at radius 1 is 1.10 bits per heavy atom. The van der Waals surface area contributed by atoms with Gasteiger partial charge in [-0.2, -0.15) is 0 Å². The number of amides is 3. The zero-order valence-electron chi connectivity index (χ0n) is 16.2. The van der Waals surface area contributed by atoms with E-state index in [9.17, 15) is 14.4 Å². The normalized spacial score (nSPS) is 19.7. The third kappa shape index (κ3) is 4.50. The van der Waals surface area contributed by atoms with E-state index >= 15 is 0 Å². The lowest BCUT2D eigenvalue weighted by Gasteiger charge is -2.34. The maximum Gasteiger partial charge on any atom is 0.407 e. The van der Waals surface area contributed by atoms with Crippen molar-refractivity contribution in [1.82, 2.24) is 15.5 Å². The largest absolute Gasteiger partial charge is 0.447 e. The van der Waals surface area contributed by atoms with Gasteiger partial charge in [0.1, 0.15) is 6.61 Å². The molecule has 2 saturated heterocycles. The molecule has 3 amide bonds. The molecule has 0 saturated carbocycles. The van der Waals surface area contributed by atoms with Crippen LogP contribution in [0.3, 0.4) is 0 Å². The van der Waals surface area contributed by atoms with Gasteiger partial charge in [-0.25, -0.2) is 4.79 Å². The number of benzene rings is 2. The molecular weight excluding hydrogens is 370 g/mol. The van der Waals surface area contributed by atoms with E-state index in [1.807, 2.05) is 42.5 Å². The van der Waals surface area contributed by atoms with Gasteiger partial charge in [0.2, 0.25) is 11.8 Å². The average molecular weight is 395 g/mol. The molecule has 2 fully saturated rings. The van der Waals surface area contributed by atoms with Crippen molar-refractivity contribution in [3.05, 3.63) is 48.0 Å². The lowest BCUT2D eigenvalue weighted by molar-refractivity contribution is -0.134. The molecule has 0 radical (unpaired) electrons. The van der Waals surface area contributed by atoms with Crippen molar-refractivity contribution in [3.63, 3.8) is 0 Å². The minimum absolute atomic E-state index is 0.0115. The third-order valence-corrected chi connectivity index (χ3v) is 5.83. The number of hydrogen-bond acceptors (Lipinski definition) is 4. The summed E-state index contributed by atoms with van der Waals surface area (Å²) in [5.41, 5.74) is 0.953. The number of hydrogen-bond donors (Lipinski definition) is 2. The average Bonchev–Trinajstić information content (AvgIpc) is 3.19. The second kappa shape index (κ2) is 8.51. The quantitative estimate of drug-likeness (QED) is 0.809. The molecule has 2 N–H and O–H groups in total. The monoisotopic (exact) mass is 395 g/mol. The number of nitrogens with zero attached hydrogens (tertiary/aromatic N) is 1. The molecule has 2 aromatic carbocycles. The molecule has 2 heterocycles. The minimum atomic E-state index is -0.359. The molecule has 0 bridgehead atoms. The van der Waals surface area contributed by atoms with Gasteiger partial charge in [0.15, 0.2) is 0 Å². The molecule has 7 nitrogen and oxygen atoms in total. The van der Waals surface area contributed by atoms with Crippen LogP contribution in [0.5, 0.6) is 0 Å². The summed E-state index contributed by atoms with van der Waals surface area (Å²) in [5.74, 6) is 0.100. The second-order valence-electron chi connectivity index (χ2n) is 7.66. The highest BCUT2D eigenvalue weighted by Crippen LogP contribution is 2.23. The number of piperidine rings is 1. The Kier molecular flexibility index (Phi) is 5.64. The van der Waals surface area contributed by atoms with Gasteiger partial charge in [0.25, 0.3) is 0 Å². The summed E-state index contributed by atoms with van der Waals surface area (Å²) in [6.45, 7) is 1.68. The van der Waals surface area contributed by atoms with Gasteiger partial charge >= 0.3 is 6.09 Å². The van der Waals surface area contributed by atoms with Gasteiger partial charge in [-0.15, -0.1) is 0 Å². The Labute approximate surface area is 169 Å². The first-order valence-electron chi connectivity index (χ1n) is 10.0. The third-order valence-electron chi connectivity index (χ3n) is 5.83. The molecule has 1 unspecified atom stereocenters. The molecular formula is C22H25N3O4. The van der Waals surface area contributed by atoms with Crippen LogP contribution in [0.15, 0.2) is 42.5 Å². The van der Waals surface area contributed by atoms with Crippen LogP contribution in [-0.4, -0.2) is 55.1 Å². The molecule has 2 aliphatic rings. The predicted molar refractivity (Wildman–Crippen MR) is 108 cm³/mol. The number of likely N-dealkylation sites (tertiary alicyclic amines) is 1. The molecule has 0 aromatic heterocycles. The molecule has 4 rings (SSSR count). The number of cyclic esters (lactones) is 1. The topological polar surface area (TPSA) is 87.7 Å². The Bertz CT molecular complexity index is 916. The minimum Gasteiger partial charge on any atom is -0.447 e. The van der Waals surface area contributed by atoms with Crippen molar-refractivity contribution in [1.29, 1.82) is 0 Å². The van der Waals surface area contributed by atoms with E-state index in [2.05, 4.69) is 10.6 Å². The zero-order chi connectivity index (χ0) is 20.2. The van der Waals surface area contributed by atoms with Gasteiger partial charge in [-0.3, -0.25) is 9.59 Å². The smallest absolute Gasteiger partial charge is 0.407 e. The van der Waals surface area contributed by atoms with Gasteiger partial charge in [-0.05, 0) is 35.1 Å². The molecule has 0 aliphatic carbocycles. The van der Waals surface area contributed by atoms with Crippen molar-refractivity contribution in [2.24, 2.45) is 5.92 Å². The van der Waals surface area contributed by atoms with Gasteiger partial charge in [0.05, 0.1) is 19.0 Å². The fraction of sp³-hybridized carbons (Fsp3) is 0.409. The second-order valence-corrected chi connectivity index (χ2v) is 7.66. The number of nitrogens with one attached hydrogen (secondary N) is 2. The molecule has 2 aromatic rings. The standard InChI is InChI=1S/C22H25N3O4/c26-20(12-17-6-3-5-15-4-1-2-7-18(15)17)23-13-21(27)25-10-8-16(9-11-25)19-14-29-22(28)24-19/h1-7,16,19H,8-14H2,(H,23,26)(H,24,28). The van der Waals surface area contributed by atoms with Crippen LogP contribution < -0.4 is 10.6 Å². The lowest BCUT2D eigenvalue weighted by atomic mass is 9.90. The lowest BCUT2D eigenvalue weighted by Crippen LogP contribution is -2.47. The van der Waals surface area contributed by atoms with Gasteiger partial charge in [-0.1, -0.05) is 42.5 Å². The molecule has 29 heavy (non-hydrogen) atoms. The zero-order valence-corrected chi connectivity index (χ0v) is 16.2. The van der Waals surface area contributed by atoms with E-state index in [1.54, 1.807) is 4.90 Å². The predicted octanol–water partition coefficient (Wildman–Crippen LogP) is 1.85. The molecule has 0 spiro atoms. The van der Waals surface area contributed by atoms with Crippen molar-refractivity contribution >= 4 is 28.7 Å². The van der Waals surface area contributed by atoms with Crippen molar-refractivity contribution in [2.75, 3.05) is 26.2 Å². The summed E-state index contributed by atoms with van der Waals surface area (Å²) in [5, 5.41) is 7.73. The van der Waals surface area contributed by atoms with Gasteiger partial charge in [0, 0.05) is 13.1 Å². The van der Waals surface area contributed by atoms with Crippen LogP contribution in [0.25, 0.3) is 10.8 Å². The van der Waals surface area contributed by atoms with Crippen LogP contribution in [-0.2, 0) is 20.7 Å².